The van der Waals surface area contributed by atoms with Crippen LogP contribution in [0.25, 0.3) is 11.5 Å². The van der Waals surface area contributed by atoms with Crippen molar-refractivity contribution in [3.63, 3.8) is 0 Å². The first-order valence-electron chi connectivity index (χ1n) is 3.94. The molecule has 6 nitrogen and oxygen atoms in total. The third-order valence-electron chi connectivity index (χ3n) is 1.71. The summed E-state index contributed by atoms with van der Waals surface area (Å²) in [4.78, 5) is 18.5. The number of aryl methyl sites for hydroxylation is 1. The van der Waals surface area contributed by atoms with Crippen molar-refractivity contribution in [1.82, 2.24) is 14.7 Å². The van der Waals surface area contributed by atoms with Crippen molar-refractivity contribution in [3.8, 4) is 11.5 Å². The van der Waals surface area contributed by atoms with E-state index in [2.05, 4.69) is 14.5 Å². The van der Waals surface area contributed by atoms with Gasteiger partial charge in [-0.05, 0) is 12.1 Å². The SMILES string of the molecule is Cn1oc(=O)nc1-c1cccc(N)n1. The molecular weight excluding hydrogens is 184 g/mol. The summed E-state index contributed by atoms with van der Waals surface area (Å²) < 4.78 is 5.93. The van der Waals surface area contributed by atoms with Crippen molar-refractivity contribution in [3.05, 3.63) is 28.7 Å². The molecular formula is C8H8N4O2. The van der Waals surface area contributed by atoms with E-state index in [9.17, 15) is 4.79 Å². The second-order valence-electron chi connectivity index (χ2n) is 2.74. The maximum atomic E-state index is 10.8. The van der Waals surface area contributed by atoms with Gasteiger partial charge in [0.05, 0.1) is 0 Å². The van der Waals surface area contributed by atoms with Gasteiger partial charge in [-0.3, -0.25) is 0 Å². The summed E-state index contributed by atoms with van der Waals surface area (Å²) in [6.07, 6.45) is 0. The Labute approximate surface area is 79.0 Å². The van der Waals surface area contributed by atoms with Crippen molar-refractivity contribution >= 4 is 5.82 Å². The van der Waals surface area contributed by atoms with Gasteiger partial charge in [0.1, 0.15) is 11.5 Å². The molecule has 0 saturated heterocycles. The molecule has 0 fully saturated rings. The predicted molar refractivity (Wildman–Crippen MR) is 49.4 cm³/mol. The van der Waals surface area contributed by atoms with Gasteiger partial charge in [0.2, 0.25) is 0 Å². The van der Waals surface area contributed by atoms with Crippen LogP contribution in [0.15, 0.2) is 27.5 Å². The molecule has 2 rings (SSSR count). The number of hydrogen-bond acceptors (Lipinski definition) is 5. The zero-order valence-electron chi connectivity index (χ0n) is 7.47. The highest BCUT2D eigenvalue weighted by Crippen LogP contribution is 2.12. The van der Waals surface area contributed by atoms with Gasteiger partial charge >= 0.3 is 5.76 Å². The van der Waals surface area contributed by atoms with Gasteiger partial charge in [-0.25, -0.2) is 9.78 Å². The summed E-state index contributed by atoms with van der Waals surface area (Å²) in [5.74, 6) is 0.0898. The fraction of sp³-hybridized carbons (Fsp3) is 0.125. The van der Waals surface area contributed by atoms with Gasteiger partial charge in [0, 0.05) is 7.05 Å². The van der Waals surface area contributed by atoms with Crippen molar-refractivity contribution < 1.29 is 4.52 Å². The first-order valence-corrected chi connectivity index (χ1v) is 3.94. The molecule has 2 N–H and O–H groups in total. The van der Waals surface area contributed by atoms with E-state index >= 15 is 0 Å². The van der Waals surface area contributed by atoms with Gasteiger partial charge in [-0.2, -0.15) is 9.72 Å². The van der Waals surface area contributed by atoms with E-state index in [4.69, 9.17) is 5.73 Å². The lowest BCUT2D eigenvalue weighted by Crippen LogP contribution is -1.97. The monoisotopic (exact) mass is 192 g/mol. The van der Waals surface area contributed by atoms with Crippen LogP contribution < -0.4 is 11.5 Å². The van der Waals surface area contributed by atoms with Crippen LogP contribution in [-0.4, -0.2) is 14.7 Å². The fourth-order valence-corrected chi connectivity index (χ4v) is 1.13. The van der Waals surface area contributed by atoms with Gasteiger partial charge in [-0.15, -0.1) is 0 Å². The number of rotatable bonds is 1. The van der Waals surface area contributed by atoms with Gasteiger partial charge < -0.3 is 10.3 Å². The molecule has 2 aromatic rings. The molecule has 0 aliphatic carbocycles. The molecule has 0 amide bonds. The van der Waals surface area contributed by atoms with E-state index in [1.807, 2.05) is 0 Å². The number of nitrogens with zero attached hydrogens (tertiary/aromatic N) is 3. The molecule has 2 heterocycles. The molecule has 0 spiro atoms. The Hall–Kier alpha value is -2.11. The Kier molecular flexibility index (Phi) is 1.81. The van der Waals surface area contributed by atoms with Crippen molar-refractivity contribution in [2.75, 3.05) is 5.73 Å². The average molecular weight is 192 g/mol. The highest BCUT2D eigenvalue weighted by atomic mass is 16.5. The summed E-state index contributed by atoms with van der Waals surface area (Å²) in [6, 6.07) is 5.09. The van der Waals surface area contributed by atoms with Crippen LogP contribution in [0, 0.1) is 0 Å². The molecule has 0 aromatic carbocycles. The highest BCUT2D eigenvalue weighted by molar-refractivity contribution is 5.51. The summed E-state index contributed by atoms with van der Waals surface area (Å²) >= 11 is 0. The van der Waals surface area contributed by atoms with E-state index in [1.165, 1.54) is 4.74 Å². The first kappa shape index (κ1) is 8.49. The maximum Gasteiger partial charge on any atom is 0.460 e. The van der Waals surface area contributed by atoms with Crippen molar-refractivity contribution in [1.29, 1.82) is 0 Å². The third kappa shape index (κ3) is 1.37. The number of nitrogen functional groups attached to an aromatic ring is 1. The predicted octanol–water partition coefficient (Wildman–Crippen LogP) is 0.0175. The van der Waals surface area contributed by atoms with Crippen LogP contribution >= 0.6 is 0 Å². The lowest BCUT2D eigenvalue weighted by molar-refractivity contribution is 0.286. The minimum Gasteiger partial charge on any atom is -0.384 e. The molecule has 0 bridgehead atoms. The van der Waals surface area contributed by atoms with Crippen LogP contribution in [0.4, 0.5) is 5.82 Å². The van der Waals surface area contributed by atoms with Gasteiger partial charge in [0.25, 0.3) is 0 Å². The normalized spacial score (nSPS) is 10.4. The topological polar surface area (TPSA) is 86.9 Å². The molecule has 0 radical (unpaired) electrons. The Balaban J connectivity index is 2.59. The quantitative estimate of drug-likeness (QED) is 0.688. The molecule has 0 unspecified atom stereocenters. The minimum atomic E-state index is -0.647. The van der Waals surface area contributed by atoms with Crippen molar-refractivity contribution in [2.24, 2.45) is 7.05 Å². The van der Waals surface area contributed by atoms with E-state index in [1.54, 1.807) is 25.2 Å². The van der Waals surface area contributed by atoms with Crippen LogP contribution in [0.3, 0.4) is 0 Å². The van der Waals surface area contributed by atoms with Crippen LogP contribution in [0.5, 0.6) is 0 Å². The molecule has 2 aromatic heterocycles. The largest absolute Gasteiger partial charge is 0.460 e. The fourth-order valence-electron chi connectivity index (χ4n) is 1.13. The smallest absolute Gasteiger partial charge is 0.384 e. The molecule has 0 aliphatic rings. The highest BCUT2D eigenvalue weighted by Gasteiger charge is 2.08. The average Bonchev–Trinajstić information content (AvgIpc) is 2.45. The van der Waals surface area contributed by atoms with Crippen LogP contribution in [0.1, 0.15) is 0 Å². The molecule has 0 aliphatic heterocycles. The Morgan fingerprint density at radius 3 is 2.79 bits per heavy atom. The van der Waals surface area contributed by atoms with E-state index in [0.29, 0.717) is 17.3 Å². The number of pyridine rings is 1. The number of anilines is 1. The lowest BCUT2D eigenvalue weighted by Gasteiger charge is -1.98. The zero-order valence-corrected chi connectivity index (χ0v) is 7.47. The summed E-state index contributed by atoms with van der Waals surface area (Å²) in [5.41, 5.74) is 6.01. The number of aromatic nitrogens is 3. The van der Waals surface area contributed by atoms with Crippen molar-refractivity contribution in [2.45, 2.75) is 0 Å². The molecule has 6 heteroatoms. The van der Waals surface area contributed by atoms with Crippen LogP contribution in [0.2, 0.25) is 0 Å². The molecule has 14 heavy (non-hydrogen) atoms. The van der Waals surface area contributed by atoms with Gasteiger partial charge in [-0.1, -0.05) is 6.07 Å². The standard InChI is InChI=1S/C8H8N4O2/c1-12-7(11-8(13)14-12)5-3-2-4-6(9)10-5/h2-4H,1H3,(H2,9,10). The Morgan fingerprint density at radius 1 is 1.43 bits per heavy atom. The summed E-state index contributed by atoms with van der Waals surface area (Å²) in [7, 11) is 1.58. The van der Waals surface area contributed by atoms with Crippen LogP contribution in [-0.2, 0) is 7.05 Å². The number of nitrogens with two attached hydrogens (primary N) is 1. The molecule has 0 saturated carbocycles. The summed E-state index contributed by atoms with van der Waals surface area (Å²) in [5, 5.41) is 0. The Morgan fingerprint density at radius 2 is 2.21 bits per heavy atom. The summed E-state index contributed by atoms with van der Waals surface area (Å²) in [6.45, 7) is 0. The zero-order chi connectivity index (χ0) is 10.1. The number of hydrogen-bond donors (Lipinski definition) is 1. The van der Waals surface area contributed by atoms with E-state index in [0.717, 1.165) is 0 Å². The minimum absolute atomic E-state index is 0.363. The maximum absolute atomic E-state index is 10.8. The molecule has 72 valence electrons. The third-order valence-corrected chi connectivity index (χ3v) is 1.71. The van der Waals surface area contributed by atoms with Gasteiger partial charge in [0.15, 0.2) is 5.82 Å². The first-order chi connectivity index (χ1) is 6.66. The molecule has 0 atom stereocenters. The second-order valence-corrected chi connectivity index (χ2v) is 2.74. The second kappa shape index (κ2) is 2.99. The van der Waals surface area contributed by atoms with E-state index in [-0.39, 0.29) is 0 Å². The van der Waals surface area contributed by atoms with E-state index < -0.39 is 5.76 Å². The lowest BCUT2D eigenvalue weighted by atomic mass is 10.3. The Bertz CT molecular complexity index is 514.